The topological polar surface area (TPSA) is 66.4 Å². The number of carboxylic acid groups (broad SMARTS) is 1. The zero-order chi connectivity index (χ0) is 12.1. The van der Waals surface area contributed by atoms with E-state index in [4.69, 9.17) is 28.3 Å². The Labute approximate surface area is 101 Å². The van der Waals surface area contributed by atoms with E-state index in [0.29, 0.717) is 5.69 Å². The Balaban J connectivity index is 2.82. The third kappa shape index (κ3) is 3.25. The van der Waals surface area contributed by atoms with Crippen molar-refractivity contribution in [2.24, 2.45) is 0 Å². The van der Waals surface area contributed by atoms with Crippen LogP contribution >= 0.6 is 23.2 Å². The van der Waals surface area contributed by atoms with E-state index < -0.39 is 21.9 Å². The van der Waals surface area contributed by atoms with Crippen LogP contribution in [0.15, 0.2) is 40.4 Å². The lowest BCUT2D eigenvalue weighted by Gasteiger charge is -2.03. The fraction of sp³-hybridized carbons (Fsp3) is 0. The molecule has 1 rings (SSSR count). The van der Waals surface area contributed by atoms with Crippen molar-refractivity contribution in [2.75, 3.05) is 5.32 Å². The van der Waals surface area contributed by atoms with Crippen molar-refractivity contribution < 1.29 is 14.7 Å². The first kappa shape index (κ1) is 12.5. The highest BCUT2D eigenvalue weighted by Gasteiger charge is 2.16. The summed E-state index contributed by atoms with van der Waals surface area (Å²) in [6.45, 7) is 0. The fourth-order valence-electron chi connectivity index (χ4n) is 0.901. The van der Waals surface area contributed by atoms with Gasteiger partial charge in [-0.1, -0.05) is 41.4 Å². The molecular formula is C10H7Cl2NO3. The minimum absolute atomic E-state index is 0.500. The van der Waals surface area contributed by atoms with Crippen LogP contribution in [0, 0.1) is 0 Å². The molecule has 0 unspecified atom stereocenters. The summed E-state index contributed by atoms with van der Waals surface area (Å²) >= 11 is 10.8. The van der Waals surface area contributed by atoms with Gasteiger partial charge in [0.15, 0.2) is 0 Å². The van der Waals surface area contributed by atoms with Gasteiger partial charge in [0.05, 0.1) is 0 Å². The van der Waals surface area contributed by atoms with Crippen molar-refractivity contribution in [3.63, 3.8) is 0 Å². The van der Waals surface area contributed by atoms with Crippen molar-refractivity contribution in [3.8, 4) is 0 Å². The van der Waals surface area contributed by atoms with E-state index in [1.54, 1.807) is 30.3 Å². The second kappa shape index (κ2) is 5.53. The number of nitrogens with one attached hydrogen (secondary N) is 1. The predicted octanol–water partition coefficient (Wildman–Crippen LogP) is 2.40. The summed E-state index contributed by atoms with van der Waals surface area (Å²) in [7, 11) is 0. The van der Waals surface area contributed by atoms with Crippen LogP contribution in [-0.2, 0) is 9.59 Å². The number of hydrogen-bond donors (Lipinski definition) is 2. The number of benzene rings is 1. The molecule has 0 fully saturated rings. The maximum Gasteiger partial charge on any atom is 0.349 e. The number of hydrogen-bond acceptors (Lipinski definition) is 2. The minimum atomic E-state index is -1.45. The van der Waals surface area contributed by atoms with Crippen LogP contribution in [0.4, 0.5) is 5.69 Å². The zero-order valence-electron chi connectivity index (χ0n) is 7.91. The molecule has 0 saturated heterocycles. The number of carboxylic acids is 1. The molecule has 4 nitrogen and oxygen atoms in total. The molecule has 1 aromatic rings. The molecule has 16 heavy (non-hydrogen) atoms. The number of para-hydroxylation sites is 1. The largest absolute Gasteiger partial charge is 0.477 e. The zero-order valence-corrected chi connectivity index (χ0v) is 9.42. The van der Waals surface area contributed by atoms with Crippen molar-refractivity contribution in [1.29, 1.82) is 0 Å². The van der Waals surface area contributed by atoms with Crippen molar-refractivity contribution >= 4 is 40.8 Å². The standard InChI is InChI=1S/C10H7Cl2NO3/c11-7(8(12)10(15)16)9(14)13-6-4-2-1-3-5-6/h1-5H,(H,13,14)(H,15,16)/b8-7-. The quantitative estimate of drug-likeness (QED) is 0.820. The number of anilines is 1. The maximum absolute atomic E-state index is 11.4. The van der Waals surface area contributed by atoms with Crippen LogP contribution in [0.1, 0.15) is 0 Å². The van der Waals surface area contributed by atoms with Crippen LogP contribution in [0.25, 0.3) is 0 Å². The van der Waals surface area contributed by atoms with Gasteiger partial charge in [-0.15, -0.1) is 0 Å². The van der Waals surface area contributed by atoms with Crippen LogP contribution in [0.3, 0.4) is 0 Å². The summed E-state index contributed by atoms with van der Waals surface area (Å²) in [6.07, 6.45) is 0. The molecule has 0 aromatic heterocycles. The summed E-state index contributed by atoms with van der Waals surface area (Å²) in [4.78, 5) is 21.9. The lowest BCUT2D eigenvalue weighted by molar-refractivity contribution is -0.132. The van der Waals surface area contributed by atoms with E-state index >= 15 is 0 Å². The van der Waals surface area contributed by atoms with Crippen LogP contribution < -0.4 is 5.32 Å². The van der Waals surface area contributed by atoms with E-state index in [9.17, 15) is 9.59 Å². The second-order valence-electron chi connectivity index (χ2n) is 2.75. The summed E-state index contributed by atoms with van der Waals surface area (Å²) < 4.78 is 0. The van der Waals surface area contributed by atoms with Gasteiger partial charge < -0.3 is 10.4 Å². The third-order valence-electron chi connectivity index (χ3n) is 1.61. The second-order valence-corrected chi connectivity index (χ2v) is 3.51. The fourth-order valence-corrected chi connectivity index (χ4v) is 1.11. The molecule has 0 spiro atoms. The molecule has 0 radical (unpaired) electrons. The molecule has 1 amide bonds. The first-order valence-electron chi connectivity index (χ1n) is 4.17. The molecular weight excluding hydrogens is 253 g/mol. The van der Waals surface area contributed by atoms with Gasteiger partial charge >= 0.3 is 5.97 Å². The number of carbonyl (C=O) groups is 2. The highest BCUT2D eigenvalue weighted by atomic mass is 35.5. The Morgan fingerprint density at radius 1 is 1.06 bits per heavy atom. The summed E-state index contributed by atoms with van der Waals surface area (Å²) in [5, 5.41) is 9.64. The molecule has 0 heterocycles. The minimum Gasteiger partial charge on any atom is -0.477 e. The van der Waals surface area contributed by atoms with Gasteiger partial charge in [-0.3, -0.25) is 4.79 Å². The lowest BCUT2D eigenvalue weighted by Crippen LogP contribution is -2.14. The molecule has 84 valence electrons. The van der Waals surface area contributed by atoms with E-state index in [1.807, 2.05) is 0 Å². The SMILES string of the molecule is O=C(O)/C(Cl)=C(/Cl)C(=O)Nc1ccccc1. The summed E-state index contributed by atoms with van der Waals surface area (Å²) in [5.74, 6) is -2.21. The van der Waals surface area contributed by atoms with Gasteiger partial charge in [-0.2, -0.15) is 0 Å². The number of amides is 1. The van der Waals surface area contributed by atoms with Gasteiger partial charge in [-0.25, -0.2) is 4.79 Å². The van der Waals surface area contributed by atoms with Crippen LogP contribution in [-0.4, -0.2) is 17.0 Å². The lowest BCUT2D eigenvalue weighted by atomic mass is 10.3. The Morgan fingerprint density at radius 3 is 2.12 bits per heavy atom. The molecule has 0 saturated carbocycles. The number of halogens is 2. The number of rotatable bonds is 3. The van der Waals surface area contributed by atoms with Crippen LogP contribution in [0.5, 0.6) is 0 Å². The summed E-state index contributed by atoms with van der Waals surface area (Å²) in [5.41, 5.74) is 0.500. The predicted molar refractivity (Wildman–Crippen MR) is 61.4 cm³/mol. The Morgan fingerprint density at radius 2 is 1.62 bits per heavy atom. The molecule has 2 N–H and O–H groups in total. The third-order valence-corrected chi connectivity index (χ3v) is 2.42. The average molecular weight is 260 g/mol. The van der Waals surface area contributed by atoms with Crippen molar-refractivity contribution in [2.45, 2.75) is 0 Å². The highest BCUT2D eigenvalue weighted by molar-refractivity contribution is 6.54. The number of carbonyl (C=O) groups excluding carboxylic acids is 1. The molecule has 6 heteroatoms. The smallest absolute Gasteiger partial charge is 0.349 e. The molecule has 0 aliphatic carbocycles. The normalized spacial score (nSPS) is 11.6. The molecule has 0 bridgehead atoms. The Kier molecular flexibility index (Phi) is 4.34. The molecule has 0 aliphatic heterocycles. The Bertz CT molecular complexity index is 443. The van der Waals surface area contributed by atoms with Gasteiger partial charge in [-0.05, 0) is 12.1 Å². The summed E-state index contributed by atoms with van der Waals surface area (Å²) in [6, 6.07) is 8.48. The van der Waals surface area contributed by atoms with Crippen LogP contribution in [0.2, 0.25) is 0 Å². The maximum atomic E-state index is 11.4. The monoisotopic (exact) mass is 259 g/mol. The highest BCUT2D eigenvalue weighted by Crippen LogP contribution is 2.16. The number of aliphatic carboxylic acids is 1. The molecule has 0 atom stereocenters. The molecule has 1 aromatic carbocycles. The van der Waals surface area contributed by atoms with Crippen molar-refractivity contribution in [3.05, 3.63) is 40.4 Å². The van der Waals surface area contributed by atoms with E-state index in [2.05, 4.69) is 5.32 Å². The van der Waals surface area contributed by atoms with Gasteiger partial charge in [0.2, 0.25) is 0 Å². The Hall–Kier alpha value is -1.52. The first-order valence-corrected chi connectivity index (χ1v) is 4.93. The van der Waals surface area contributed by atoms with Crippen molar-refractivity contribution in [1.82, 2.24) is 0 Å². The first-order chi connectivity index (χ1) is 7.52. The van der Waals surface area contributed by atoms with Gasteiger partial charge in [0.1, 0.15) is 10.1 Å². The average Bonchev–Trinajstić information content (AvgIpc) is 2.28. The van der Waals surface area contributed by atoms with E-state index in [1.165, 1.54) is 0 Å². The van der Waals surface area contributed by atoms with Gasteiger partial charge in [0.25, 0.3) is 5.91 Å². The van der Waals surface area contributed by atoms with E-state index in [-0.39, 0.29) is 0 Å². The van der Waals surface area contributed by atoms with E-state index in [0.717, 1.165) is 0 Å². The molecule has 0 aliphatic rings. The van der Waals surface area contributed by atoms with Gasteiger partial charge in [0, 0.05) is 5.69 Å².